The number of hydrogen-bond acceptors (Lipinski definition) is 2. The summed E-state index contributed by atoms with van der Waals surface area (Å²) in [5, 5.41) is 0. The standard InChI is InChI=1S/C14H20O2/c1-9(2)6-13(15)12-8-10(3)7-11(4)14(12)16-5/h7-9H,6H2,1-5H3. The van der Waals surface area contributed by atoms with Crippen LogP contribution in [0, 0.1) is 19.8 Å². The van der Waals surface area contributed by atoms with Crippen LogP contribution in [0.25, 0.3) is 0 Å². The van der Waals surface area contributed by atoms with Gasteiger partial charge in [0.2, 0.25) is 0 Å². The van der Waals surface area contributed by atoms with E-state index in [9.17, 15) is 4.79 Å². The summed E-state index contributed by atoms with van der Waals surface area (Å²) in [7, 11) is 1.61. The molecule has 0 bridgehead atoms. The van der Waals surface area contributed by atoms with E-state index in [2.05, 4.69) is 0 Å². The fraction of sp³-hybridized carbons (Fsp3) is 0.500. The fourth-order valence-electron chi connectivity index (χ4n) is 1.91. The summed E-state index contributed by atoms with van der Waals surface area (Å²) >= 11 is 0. The highest BCUT2D eigenvalue weighted by atomic mass is 16.5. The molecule has 0 aliphatic heterocycles. The second-order valence-electron chi connectivity index (χ2n) is 4.68. The van der Waals surface area contributed by atoms with Crippen molar-refractivity contribution in [2.45, 2.75) is 34.1 Å². The molecule has 1 aromatic rings. The van der Waals surface area contributed by atoms with Crippen LogP contribution in [-0.2, 0) is 0 Å². The number of carbonyl (C=O) groups excluding carboxylic acids is 1. The van der Waals surface area contributed by atoms with Gasteiger partial charge in [0.25, 0.3) is 0 Å². The Labute approximate surface area is 97.6 Å². The molecule has 0 saturated heterocycles. The number of ketones is 1. The molecule has 0 fully saturated rings. The van der Waals surface area contributed by atoms with Crippen molar-refractivity contribution in [2.75, 3.05) is 7.11 Å². The minimum absolute atomic E-state index is 0.165. The lowest BCUT2D eigenvalue weighted by molar-refractivity contribution is 0.0964. The van der Waals surface area contributed by atoms with Gasteiger partial charge in [0.05, 0.1) is 12.7 Å². The first-order chi connectivity index (χ1) is 7.45. The minimum atomic E-state index is 0.165. The van der Waals surface area contributed by atoms with Crippen LogP contribution in [0.3, 0.4) is 0 Å². The molecule has 16 heavy (non-hydrogen) atoms. The van der Waals surface area contributed by atoms with Crippen molar-refractivity contribution in [2.24, 2.45) is 5.92 Å². The summed E-state index contributed by atoms with van der Waals surface area (Å²) in [5.41, 5.74) is 2.84. The Morgan fingerprint density at radius 3 is 2.44 bits per heavy atom. The first-order valence-corrected chi connectivity index (χ1v) is 5.64. The Hall–Kier alpha value is -1.31. The van der Waals surface area contributed by atoms with Crippen LogP contribution < -0.4 is 4.74 Å². The highest BCUT2D eigenvalue weighted by Gasteiger charge is 2.15. The maximum absolute atomic E-state index is 12.1. The Morgan fingerprint density at radius 2 is 1.94 bits per heavy atom. The molecule has 0 aliphatic rings. The summed E-state index contributed by atoms with van der Waals surface area (Å²) in [6.07, 6.45) is 0.569. The van der Waals surface area contributed by atoms with Gasteiger partial charge in [0, 0.05) is 6.42 Å². The van der Waals surface area contributed by atoms with Crippen molar-refractivity contribution >= 4 is 5.78 Å². The van der Waals surface area contributed by atoms with E-state index in [1.54, 1.807) is 7.11 Å². The third-order valence-electron chi connectivity index (χ3n) is 2.52. The zero-order chi connectivity index (χ0) is 12.3. The Balaban J connectivity index is 3.15. The average molecular weight is 220 g/mol. The second kappa shape index (κ2) is 5.15. The van der Waals surface area contributed by atoms with Crippen LogP contribution in [-0.4, -0.2) is 12.9 Å². The van der Waals surface area contributed by atoms with Crippen LogP contribution in [0.4, 0.5) is 0 Å². The minimum Gasteiger partial charge on any atom is -0.496 e. The van der Waals surface area contributed by atoms with E-state index in [0.717, 1.165) is 16.9 Å². The quantitative estimate of drug-likeness (QED) is 0.725. The van der Waals surface area contributed by atoms with Gasteiger partial charge in [-0.2, -0.15) is 0 Å². The normalized spacial score (nSPS) is 10.6. The van der Waals surface area contributed by atoms with Crippen molar-refractivity contribution in [3.05, 3.63) is 28.8 Å². The Morgan fingerprint density at radius 1 is 1.31 bits per heavy atom. The van der Waals surface area contributed by atoms with E-state index in [0.29, 0.717) is 17.9 Å². The predicted molar refractivity (Wildman–Crippen MR) is 66.3 cm³/mol. The van der Waals surface area contributed by atoms with Gasteiger partial charge in [0.1, 0.15) is 5.75 Å². The van der Waals surface area contributed by atoms with Gasteiger partial charge in [-0.15, -0.1) is 0 Å². The highest BCUT2D eigenvalue weighted by Crippen LogP contribution is 2.27. The number of methoxy groups -OCH3 is 1. The van der Waals surface area contributed by atoms with Crippen LogP contribution in [0.1, 0.15) is 41.8 Å². The number of carbonyl (C=O) groups is 1. The molecule has 0 amide bonds. The molecule has 0 saturated carbocycles. The van der Waals surface area contributed by atoms with E-state index in [4.69, 9.17) is 4.74 Å². The van der Waals surface area contributed by atoms with Crippen molar-refractivity contribution in [1.29, 1.82) is 0 Å². The summed E-state index contributed by atoms with van der Waals surface area (Å²) < 4.78 is 5.31. The van der Waals surface area contributed by atoms with E-state index in [1.165, 1.54) is 0 Å². The number of hydrogen-bond donors (Lipinski definition) is 0. The van der Waals surface area contributed by atoms with Crippen molar-refractivity contribution in [1.82, 2.24) is 0 Å². The lowest BCUT2D eigenvalue weighted by atomic mass is 9.97. The molecule has 1 aromatic carbocycles. The molecule has 0 N–H and O–H groups in total. The molecule has 88 valence electrons. The van der Waals surface area contributed by atoms with E-state index < -0.39 is 0 Å². The largest absolute Gasteiger partial charge is 0.496 e. The number of aryl methyl sites for hydroxylation is 2. The zero-order valence-electron chi connectivity index (χ0n) is 10.8. The maximum atomic E-state index is 12.1. The third-order valence-corrected chi connectivity index (χ3v) is 2.52. The van der Waals surface area contributed by atoms with Gasteiger partial charge in [-0.3, -0.25) is 4.79 Å². The maximum Gasteiger partial charge on any atom is 0.166 e. The van der Waals surface area contributed by atoms with Gasteiger partial charge < -0.3 is 4.74 Å². The fourth-order valence-corrected chi connectivity index (χ4v) is 1.91. The van der Waals surface area contributed by atoms with Crippen molar-refractivity contribution < 1.29 is 9.53 Å². The van der Waals surface area contributed by atoms with Crippen LogP contribution >= 0.6 is 0 Å². The first-order valence-electron chi connectivity index (χ1n) is 5.64. The van der Waals surface area contributed by atoms with E-state index in [-0.39, 0.29) is 5.78 Å². The van der Waals surface area contributed by atoms with Gasteiger partial charge in [-0.1, -0.05) is 19.9 Å². The van der Waals surface area contributed by atoms with Crippen LogP contribution in [0.15, 0.2) is 12.1 Å². The molecular formula is C14H20O2. The molecule has 0 aliphatic carbocycles. The number of rotatable bonds is 4. The molecule has 0 unspecified atom stereocenters. The van der Waals surface area contributed by atoms with Crippen molar-refractivity contribution in [3.63, 3.8) is 0 Å². The van der Waals surface area contributed by atoms with Gasteiger partial charge in [-0.25, -0.2) is 0 Å². The Bertz CT molecular complexity index is 392. The molecule has 0 heterocycles. The van der Waals surface area contributed by atoms with Crippen LogP contribution in [0.2, 0.25) is 0 Å². The number of Topliss-reactive ketones (excluding diaryl/α,β-unsaturated/α-hetero) is 1. The SMILES string of the molecule is COc1c(C)cc(C)cc1C(=O)CC(C)C. The summed E-state index contributed by atoms with van der Waals surface area (Å²) in [6.45, 7) is 8.07. The Kier molecular flexibility index (Phi) is 4.11. The zero-order valence-corrected chi connectivity index (χ0v) is 10.8. The summed E-state index contributed by atoms with van der Waals surface area (Å²) in [4.78, 5) is 12.1. The lowest BCUT2D eigenvalue weighted by Crippen LogP contribution is -2.07. The summed E-state index contributed by atoms with van der Waals surface area (Å²) in [6, 6.07) is 3.95. The van der Waals surface area contributed by atoms with Crippen molar-refractivity contribution in [3.8, 4) is 5.75 Å². The molecule has 2 heteroatoms. The molecule has 0 aromatic heterocycles. The first kappa shape index (κ1) is 12.8. The monoisotopic (exact) mass is 220 g/mol. The van der Waals surface area contributed by atoms with Crippen LogP contribution in [0.5, 0.6) is 5.75 Å². The highest BCUT2D eigenvalue weighted by molar-refractivity contribution is 5.99. The average Bonchev–Trinajstić information content (AvgIpc) is 2.15. The molecule has 1 rings (SSSR count). The van der Waals surface area contributed by atoms with Gasteiger partial charge in [0.15, 0.2) is 5.78 Å². The predicted octanol–water partition coefficient (Wildman–Crippen LogP) is 3.54. The molecule has 0 radical (unpaired) electrons. The molecular weight excluding hydrogens is 200 g/mol. The molecule has 2 nitrogen and oxygen atoms in total. The van der Waals surface area contributed by atoms with E-state index in [1.807, 2.05) is 39.8 Å². The molecule has 0 spiro atoms. The number of benzene rings is 1. The molecule has 0 atom stereocenters. The number of ether oxygens (including phenoxy) is 1. The van der Waals surface area contributed by atoms with Gasteiger partial charge >= 0.3 is 0 Å². The second-order valence-corrected chi connectivity index (χ2v) is 4.68. The third kappa shape index (κ3) is 2.84. The topological polar surface area (TPSA) is 26.3 Å². The summed E-state index contributed by atoms with van der Waals surface area (Å²) in [5.74, 6) is 1.26. The smallest absolute Gasteiger partial charge is 0.166 e. The van der Waals surface area contributed by atoms with E-state index >= 15 is 0 Å². The van der Waals surface area contributed by atoms with Gasteiger partial charge in [-0.05, 0) is 37.0 Å². The lowest BCUT2D eigenvalue weighted by Gasteiger charge is -2.12.